The number of fused-ring (bicyclic) bond motifs is 1. The first-order valence-corrected chi connectivity index (χ1v) is 7.80. The molecule has 0 aliphatic heterocycles. The van der Waals surface area contributed by atoms with Crippen molar-refractivity contribution in [2.75, 3.05) is 18.5 Å². The highest BCUT2D eigenvalue weighted by molar-refractivity contribution is 5.88. The molecule has 0 atom stereocenters. The first-order chi connectivity index (χ1) is 10.9. The Balaban J connectivity index is 1.56. The summed E-state index contributed by atoms with van der Waals surface area (Å²) >= 11 is 0. The van der Waals surface area contributed by atoms with Crippen molar-refractivity contribution in [3.63, 3.8) is 0 Å². The third-order valence-electron chi connectivity index (χ3n) is 3.80. The van der Waals surface area contributed by atoms with Crippen LogP contribution in [0.15, 0.2) is 66.7 Å². The molecule has 0 aromatic heterocycles. The molecule has 2 nitrogen and oxygen atoms in total. The van der Waals surface area contributed by atoms with Crippen LogP contribution in [0.2, 0.25) is 0 Å². The standard InChI is InChI=1S/C20H21NO/c1-2-16-10-12-18(13-11-16)21-14-15-22-20-9-5-7-17-6-3-4-8-19(17)20/h3-13,21H,2,14-15H2,1H3. The molecule has 3 aromatic carbocycles. The molecular weight excluding hydrogens is 270 g/mol. The first-order valence-electron chi connectivity index (χ1n) is 7.80. The highest BCUT2D eigenvalue weighted by Gasteiger charge is 2.00. The second-order valence-electron chi connectivity index (χ2n) is 5.30. The number of aryl methyl sites for hydroxylation is 1. The molecule has 0 aliphatic rings. The van der Waals surface area contributed by atoms with Gasteiger partial charge in [0.2, 0.25) is 0 Å². The Morgan fingerprint density at radius 3 is 2.45 bits per heavy atom. The predicted molar refractivity (Wildman–Crippen MR) is 93.8 cm³/mol. The molecule has 0 aliphatic carbocycles. The van der Waals surface area contributed by atoms with E-state index in [9.17, 15) is 0 Å². The Bertz CT molecular complexity index is 729. The van der Waals surface area contributed by atoms with Crippen molar-refractivity contribution in [2.45, 2.75) is 13.3 Å². The van der Waals surface area contributed by atoms with Gasteiger partial charge in [-0.2, -0.15) is 0 Å². The molecule has 112 valence electrons. The van der Waals surface area contributed by atoms with Crippen molar-refractivity contribution in [2.24, 2.45) is 0 Å². The van der Waals surface area contributed by atoms with E-state index in [0.717, 1.165) is 29.8 Å². The summed E-state index contributed by atoms with van der Waals surface area (Å²) in [7, 11) is 0. The molecule has 0 saturated carbocycles. The zero-order valence-corrected chi connectivity index (χ0v) is 12.9. The molecule has 0 bridgehead atoms. The Labute approximate surface area is 131 Å². The Morgan fingerprint density at radius 2 is 1.64 bits per heavy atom. The van der Waals surface area contributed by atoms with Crippen molar-refractivity contribution in [1.82, 2.24) is 0 Å². The lowest BCUT2D eigenvalue weighted by Crippen LogP contribution is -2.11. The van der Waals surface area contributed by atoms with Gasteiger partial charge in [0.1, 0.15) is 12.4 Å². The summed E-state index contributed by atoms with van der Waals surface area (Å²) in [6.07, 6.45) is 1.07. The molecule has 22 heavy (non-hydrogen) atoms. The fraction of sp³-hybridized carbons (Fsp3) is 0.200. The van der Waals surface area contributed by atoms with Gasteiger partial charge in [-0.25, -0.2) is 0 Å². The molecular formula is C20H21NO. The number of hydrogen-bond acceptors (Lipinski definition) is 2. The van der Waals surface area contributed by atoms with Crippen LogP contribution in [0.25, 0.3) is 10.8 Å². The van der Waals surface area contributed by atoms with E-state index < -0.39 is 0 Å². The lowest BCUT2D eigenvalue weighted by Gasteiger charge is -2.11. The molecule has 3 aromatic rings. The minimum absolute atomic E-state index is 0.642. The number of nitrogens with one attached hydrogen (secondary N) is 1. The van der Waals surface area contributed by atoms with Gasteiger partial charge < -0.3 is 10.1 Å². The van der Waals surface area contributed by atoms with Crippen molar-refractivity contribution in [3.8, 4) is 5.75 Å². The molecule has 2 heteroatoms. The van der Waals surface area contributed by atoms with Crippen molar-refractivity contribution in [1.29, 1.82) is 0 Å². The van der Waals surface area contributed by atoms with Gasteiger partial charge in [-0.15, -0.1) is 0 Å². The fourth-order valence-corrected chi connectivity index (χ4v) is 2.54. The van der Waals surface area contributed by atoms with Crippen LogP contribution in [0.4, 0.5) is 5.69 Å². The minimum atomic E-state index is 0.642. The van der Waals surface area contributed by atoms with Crippen LogP contribution in [0, 0.1) is 0 Å². The monoisotopic (exact) mass is 291 g/mol. The highest BCUT2D eigenvalue weighted by Crippen LogP contribution is 2.24. The molecule has 0 heterocycles. The van der Waals surface area contributed by atoms with Crippen molar-refractivity contribution in [3.05, 3.63) is 72.3 Å². The van der Waals surface area contributed by atoms with E-state index in [1.54, 1.807) is 0 Å². The van der Waals surface area contributed by atoms with Crippen LogP contribution in [-0.2, 0) is 6.42 Å². The van der Waals surface area contributed by atoms with Gasteiger partial charge in [0.25, 0.3) is 0 Å². The minimum Gasteiger partial charge on any atom is -0.491 e. The van der Waals surface area contributed by atoms with Crippen molar-refractivity contribution >= 4 is 16.5 Å². The lowest BCUT2D eigenvalue weighted by atomic mass is 10.1. The van der Waals surface area contributed by atoms with E-state index in [4.69, 9.17) is 4.74 Å². The number of benzene rings is 3. The Morgan fingerprint density at radius 1 is 0.864 bits per heavy atom. The lowest BCUT2D eigenvalue weighted by molar-refractivity contribution is 0.337. The highest BCUT2D eigenvalue weighted by atomic mass is 16.5. The van der Waals surface area contributed by atoms with Gasteiger partial charge in [-0.1, -0.05) is 55.5 Å². The second kappa shape index (κ2) is 6.99. The summed E-state index contributed by atoms with van der Waals surface area (Å²) in [5, 5.41) is 5.76. The first kappa shape index (κ1) is 14.5. The number of hydrogen-bond donors (Lipinski definition) is 1. The summed E-state index contributed by atoms with van der Waals surface area (Å²) in [5.74, 6) is 0.946. The number of ether oxygens (including phenoxy) is 1. The van der Waals surface area contributed by atoms with Crippen LogP contribution >= 0.6 is 0 Å². The molecule has 0 fully saturated rings. The normalized spacial score (nSPS) is 10.6. The van der Waals surface area contributed by atoms with E-state index in [2.05, 4.69) is 54.7 Å². The average molecular weight is 291 g/mol. The van der Waals surface area contributed by atoms with Crippen LogP contribution in [0.5, 0.6) is 5.75 Å². The van der Waals surface area contributed by atoms with E-state index in [0.29, 0.717) is 6.61 Å². The van der Waals surface area contributed by atoms with Crippen LogP contribution < -0.4 is 10.1 Å². The second-order valence-corrected chi connectivity index (χ2v) is 5.30. The quantitative estimate of drug-likeness (QED) is 0.653. The van der Waals surface area contributed by atoms with Crippen LogP contribution in [-0.4, -0.2) is 13.2 Å². The molecule has 0 amide bonds. The zero-order chi connectivity index (χ0) is 15.2. The maximum absolute atomic E-state index is 5.92. The van der Waals surface area contributed by atoms with Gasteiger partial charge in [0.15, 0.2) is 0 Å². The maximum Gasteiger partial charge on any atom is 0.127 e. The predicted octanol–water partition coefficient (Wildman–Crippen LogP) is 4.89. The van der Waals surface area contributed by atoms with E-state index in [1.807, 2.05) is 24.3 Å². The largest absolute Gasteiger partial charge is 0.491 e. The van der Waals surface area contributed by atoms with Gasteiger partial charge in [-0.05, 0) is 35.6 Å². The molecule has 0 radical (unpaired) electrons. The van der Waals surface area contributed by atoms with Gasteiger partial charge in [0.05, 0.1) is 0 Å². The Hall–Kier alpha value is -2.48. The van der Waals surface area contributed by atoms with E-state index >= 15 is 0 Å². The van der Waals surface area contributed by atoms with Crippen molar-refractivity contribution < 1.29 is 4.74 Å². The summed E-state index contributed by atoms with van der Waals surface area (Å²) < 4.78 is 5.92. The third kappa shape index (κ3) is 3.40. The van der Waals surface area contributed by atoms with Gasteiger partial charge in [0, 0.05) is 17.6 Å². The van der Waals surface area contributed by atoms with Crippen LogP contribution in [0.1, 0.15) is 12.5 Å². The summed E-state index contributed by atoms with van der Waals surface area (Å²) in [4.78, 5) is 0. The van der Waals surface area contributed by atoms with E-state index in [1.165, 1.54) is 10.9 Å². The average Bonchev–Trinajstić information content (AvgIpc) is 2.59. The summed E-state index contributed by atoms with van der Waals surface area (Å²) in [5.41, 5.74) is 2.50. The van der Waals surface area contributed by atoms with Gasteiger partial charge >= 0.3 is 0 Å². The molecule has 0 spiro atoms. The SMILES string of the molecule is CCc1ccc(NCCOc2cccc3ccccc23)cc1. The maximum atomic E-state index is 5.92. The molecule has 0 unspecified atom stereocenters. The van der Waals surface area contributed by atoms with Crippen LogP contribution in [0.3, 0.4) is 0 Å². The summed E-state index contributed by atoms with van der Waals surface area (Å²) in [6, 6.07) is 23.0. The molecule has 3 rings (SSSR count). The van der Waals surface area contributed by atoms with Gasteiger partial charge in [-0.3, -0.25) is 0 Å². The number of anilines is 1. The third-order valence-corrected chi connectivity index (χ3v) is 3.80. The topological polar surface area (TPSA) is 21.3 Å². The fourth-order valence-electron chi connectivity index (χ4n) is 2.54. The smallest absolute Gasteiger partial charge is 0.127 e. The molecule has 0 saturated heterocycles. The zero-order valence-electron chi connectivity index (χ0n) is 12.9. The number of rotatable bonds is 6. The summed E-state index contributed by atoms with van der Waals surface area (Å²) in [6.45, 7) is 3.60. The molecule has 1 N–H and O–H groups in total. The van der Waals surface area contributed by atoms with E-state index in [-0.39, 0.29) is 0 Å². The Kier molecular flexibility index (Phi) is 4.59.